The third-order valence-corrected chi connectivity index (χ3v) is 6.11. The Hall–Kier alpha value is -1.29. The lowest BCUT2D eigenvalue weighted by molar-refractivity contribution is -0.0202. The molecule has 0 aromatic carbocycles. The summed E-state index contributed by atoms with van der Waals surface area (Å²) in [6.07, 6.45) is -3.83. The molecule has 5 atom stereocenters. The van der Waals surface area contributed by atoms with Crippen LogP contribution in [-0.2, 0) is 18.3 Å². The van der Waals surface area contributed by atoms with Crippen molar-refractivity contribution in [2.75, 3.05) is 13.7 Å². The van der Waals surface area contributed by atoms with Crippen LogP contribution in [0.2, 0.25) is 0 Å². The Morgan fingerprint density at radius 2 is 2.00 bits per heavy atom. The Balaban J connectivity index is 2.14. The average Bonchev–Trinajstić information content (AvgIpc) is 2.80. The van der Waals surface area contributed by atoms with Gasteiger partial charge in [-0.2, -0.15) is 0 Å². The number of aromatic amines is 2. The van der Waals surface area contributed by atoms with E-state index in [0.717, 1.165) is 6.20 Å². The molecule has 0 bridgehead atoms. The second-order valence-corrected chi connectivity index (χ2v) is 8.45. The van der Waals surface area contributed by atoms with Gasteiger partial charge in [0.2, 0.25) is 0 Å². The molecule has 10 nitrogen and oxygen atoms in total. The third kappa shape index (κ3) is 3.69. The van der Waals surface area contributed by atoms with Crippen molar-refractivity contribution >= 4 is 7.60 Å². The van der Waals surface area contributed by atoms with Gasteiger partial charge < -0.3 is 29.0 Å². The first-order valence-electron chi connectivity index (χ1n) is 7.33. The fraction of sp³-hybridized carbons (Fsp3) is 0.692. The van der Waals surface area contributed by atoms with Gasteiger partial charge in [-0.25, -0.2) is 4.79 Å². The number of H-pyrrole nitrogens is 2. The third-order valence-electron chi connectivity index (χ3n) is 3.82. The summed E-state index contributed by atoms with van der Waals surface area (Å²) in [5, 5.41) is 20.2. The van der Waals surface area contributed by atoms with Gasteiger partial charge in [-0.1, -0.05) is 13.8 Å². The normalized spacial score (nSPS) is 29.8. The standard InChI is InChI=1S/C13H21N2O8P/c1-6(2)24(20,21-3)22-5-8-9(16)10(17)11(23-8)7-4-14-13(19)15-12(7)18/h4,6,8-11,16-17H,5H2,1-3H3,(H2,14,15,18,19). The lowest BCUT2D eigenvalue weighted by Crippen LogP contribution is -2.34. The van der Waals surface area contributed by atoms with Crippen molar-refractivity contribution in [1.29, 1.82) is 0 Å². The Kier molecular flexibility index (Phi) is 5.79. The minimum atomic E-state index is -3.37. The van der Waals surface area contributed by atoms with Crippen LogP contribution in [0.4, 0.5) is 0 Å². The van der Waals surface area contributed by atoms with Gasteiger partial charge in [0.05, 0.1) is 17.8 Å². The number of hydrogen-bond acceptors (Lipinski definition) is 8. The first-order chi connectivity index (χ1) is 11.2. The van der Waals surface area contributed by atoms with Crippen LogP contribution in [-0.4, -0.2) is 57.9 Å². The Morgan fingerprint density at radius 3 is 2.54 bits per heavy atom. The molecule has 11 heteroatoms. The summed E-state index contributed by atoms with van der Waals surface area (Å²) < 4.78 is 28.0. The highest BCUT2D eigenvalue weighted by molar-refractivity contribution is 7.54. The fourth-order valence-electron chi connectivity index (χ4n) is 2.36. The molecule has 24 heavy (non-hydrogen) atoms. The maximum Gasteiger partial charge on any atom is 0.332 e. The van der Waals surface area contributed by atoms with Crippen molar-refractivity contribution in [2.45, 2.75) is 43.9 Å². The molecule has 136 valence electrons. The van der Waals surface area contributed by atoms with Crippen molar-refractivity contribution < 1.29 is 28.6 Å². The molecule has 0 aliphatic carbocycles. The van der Waals surface area contributed by atoms with Crippen LogP contribution in [0.3, 0.4) is 0 Å². The van der Waals surface area contributed by atoms with Crippen LogP contribution < -0.4 is 11.2 Å². The smallest absolute Gasteiger partial charge is 0.332 e. The van der Waals surface area contributed by atoms with Gasteiger partial charge in [-0.05, 0) is 0 Å². The number of hydrogen-bond donors (Lipinski definition) is 4. The van der Waals surface area contributed by atoms with Gasteiger partial charge in [0, 0.05) is 13.3 Å². The molecule has 1 aromatic heterocycles. The Labute approximate surface area is 137 Å². The van der Waals surface area contributed by atoms with Crippen LogP contribution in [0.25, 0.3) is 0 Å². The van der Waals surface area contributed by atoms with Gasteiger partial charge >= 0.3 is 13.3 Å². The summed E-state index contributed by atoms with van der Waals surface area (Å²) in [5.74, 6) is 0. The van der Waals surface area contributed by atoms with Gasteiger partial charge in [0.25, 0.3) is 5.56 Å². The van der Waals surface area contributed by atoms with Crippen LogP contribution in [0.5, 0.6) is 0 Å². The first-order valence-corrected chi connectivity index (χ1v) is 8.94. The summed E-state index contributed by atoms with van der Waals surface area (Å²) in [6.45, 7) is 3.03. The number of ether oxygens (including phenoxy) is 1. The maximum atomic E-state index is 12.3. The minimum absolute atomic E-state index is 0.0394. The van der Waals surface area contributed by atoms with E-state index in [1.807, 2.05) is 4.98 Å². The van der Waals surface area contributed by atoms with Gasteiger partial charge in [0.1, 0.15) is 24.4 Å². The van der Waals surface area contributed by atoms with Gasteiger partial charge in [-0.3, -0.25) is 14.3 Å². The van der Waals surface area contributed by atoms with E-state index in [-0.39, 0.29) is 12.2 Å². The van der Waals surface area contributed by atoms with E-state index in [4.69, 9.17) is 13.8 Å². The fourth-order valence-corrected chi connectivity index (χ4v) is 3.54. The molecule has 0 spiro atoms. The van der Waals surface area contributed by atoms with Crippen molar-refractivity contribution in [1.82, 2.24) is 9.97 Å². The van der Waals surface area contributed by atoms with E-state index in [1.54, 1.807) is 13.8 Å². The molecule has 1 saturated heterocycles. The van der Waals surface area contributed by atoms with E-state index in [2.05, 4.69) is 4.98 Å². The van der Waals surface area contributed by atoms with Crippen molar-refractivity contribution in [2.24, 2.45) is 0 Å². The number of nitrogens with one attached hydrogen (secondary N) is 2. The van der Waals surface area contributed by atoms with Gasteiger partial charge in [-0.15, -0.1) is 0 Å². The number of aliphatic hydroxyl groups excluding tert-OH is 2. The zero-order valence-electron chi connectivity index (χ0n) is 13.5. The average molecular weight is 364 g/mol. The van der Waals surface area contributed by atoms with Crippen LogP contribution in [0.15, 0.2) is 15.8 Å². The first kappa shape index (κ1) is 19.0. The lowest BCUT2D eigenvalue weighted by atomic mass is 10.0. The molecule has 1 aliphatic heterocycles. The summed E-state index contributed by atoms with van der Waals surface area (Å²) in [5.41, 5.74) is -1.87. The molecule has 0 radical (unpaired) electrons. The van der Waals surface area contributed by atoms with Gasteiger partial charge in [0.15, 0.2) is 0 Å². The summed E-state index contributed by atoms with van der Waals surface area (Å²) in [6, 6.07) is 0. The Morgan fingerprint density at radius 1 is 1.33 bits per heavy atom. The van der Waals surface area contributed by atoms with Crippen molar-refractivity contribution in [3.63, 3.8) is 0 Å². The van der Waals surface area contributed by atoms with Crippen LogP contribution in [0, 0.1) is 0 Å². The summed E-state index contributed by atoms with van der Waals surface area (Å²) in [4.78, 5) is 27.1. The quantitative estimate of drug-likeness (QED) is 0.493. The molecule has 1 aromatic rings. The van der Waals surface area contributed by atoms with E-state index in [0.29, 0.717) is 0 Å². The molecule has 5 unspecified atom stereocenters. The monoisotopic (exact) mass is 364 g/mol. The zero-order chi connectivity index (χ0) is 18.1. The zero-order valence-corrected chi connectivity index (χ0v) is 14.4. The number of aromatic nitrogens is 2. The maximum absolute atomic E-state index is 12.3. The molecule has 0 saturated carbocycles. The van der Waals surface area contributed by atoms with Crippen LogP contribution in [0.1, 0.15) is 25.5 Å². The predicted molar refractivity (Wildman–Crippen MR) is 83.0 cm³/mol. The molecule has 1 aliphatic rings. The summed E-state index contributed by atoms with van der Waals surface area (Å²) in [7, 11) is -2.11. The highest BCUT2D eigenvalue weighted by Gasteiger charge is 2.45. The molecular weight excluding hydrogens is 343 g/mol. The largest absolute Gasteiger partial charge is 0.387 e. The molecule has 4 N–H and O–H groups in total. The minimum Gasteiger partial charge on any atom is -0.387 e. The van der Waals surface area contributed by atoms with E-state index in [1.165, 1.54) is 7.11 Å². The van der Waals surface area contributed by atoms with E-state index in [9.17, 15) is 24.4 Å². The molecule has 2 heterocycles. The highest BCUT2D eigenvalue weighted by atomic mass is 31.2. The second kappa shape index (κ2) is 7.30. The lowest BCUT2D eigenvalue weighted by Gasteiger charge is -2.22. The molecule has 2 rings (SSSR count). The topological polar surface area (TPSA) is 151 Å². The SMILES string of the molecule is COP(=O)(OCC1OC(c2c[nH]c(=O)[nH]c2=O)C(O)C1O)C(C)C. The second-order valence-electron chi connectivity index (χ2n) is 5.72. The molecule has 0 amide bonds. The molecular formula is C13H21N2O8P. The van der Waals surface area contributed by atoms with Crippen LogP contribution >= 0.6 is 7.60 Å². The predicted octanol–water partition coefficient (Wildman–Crippen LogP) is -0.511. The van der Waals surface area contributed by atoms with E-state index >= 15 is 0 Å². The number of rotatable bonds is 6. The summed E-state index contributed by atoms with van der Waals surface area (Å²) >= 11 is 0. The number of aliphatic hydroxyl groups is 2. The highest BCUT2D eigenvalue weighted by Crippen LogP contribution is 2.52. The van der Waals surface area contributed by atoms with E-state index < -0.39 is 48.9 Å². The Bertz CT molecular complexity index is 729. The van der Waals surface area contributed by atoms with Crippen molar-refractivity contribution in [3.8, 4) is 0 Å². The molecule has 1 fully saturated rings. The van der Waals surface area contributed by atoms with Crippen molar-refractivity contribution in [3.05, 3.63) is 32.6 Å².